The summed E-state index contributed by atoms with van der Waals surface area (Å²) in [5.41, 5.74) is 1.62. The Balaban J connectivity index is 1.53. The van der Waals surface area contributed by atoms with Crippen LogP contribution in [0.25, 0.3) is 10.8 Å². The van der Waals surface area contributed by atoms with E-state index in [-0.39, 0.29) is 18.4 Å². The van der Waals surface area contributed by atoms with Crippen LogP contribution in [0.2, 0.25) is 0 Å². The lowest BCUT2D eigenvalue weighted by Gasteiger charge is -2.13. The van der Waals surface area contributed by atoms with Crippen LogP contribution in [0, 0.1) is 0 Å². The first-order valence-corrected chi connectivity index (χ1v) is 8.61. The first kappa shape index (κ1) is 17.7. The van der Waals surface area contributed by atoms with Gasteiger partial charge >= 0.3 is 5.97 Å². The quantitative estimate of drug-likeness (QED) is 0.688. The molecule has 132 valence electrons. The number of hydrogen-bond acceptors (Lipinski definition) is 3. The standard InChI is InChI=1S/C22H21NO3/c1-16(17-8-3-2-4-9-17)14-23-21(24)15-26-22(25)20-13-7-11-18-10-5-6-12-19(18)20/h2-13,16H,14-15H2,1H3,(H,23,24)/t16-/m0/s1. The average molecular weight is 347 g/mol. The molecule has 3 aromatic rings. The molecule has 1 N–H and O–H groups in total. The molecule has 0 aliphatic rings. The third kappa shape index (κ3) is 4.28. The molecule has 0 bridgehead atoms. The zero-order valence-electron chi connectivity index (χ0n) is 14.6. The number of hydrogen-bond donors (Lipinski definition) is 1. The molecule has 3 aromatic carbocycles. The number of carbonyl (C=O) groups is 2. The lowest BCUT2D eigenvalue weighted by molar-refractivity contribution is -0.124. The van der Waals surface area contributed by atoms with E-state index in [0.717, 1.165) is 16.3 Å². The number of fused-ring (bicyclic) bond motifs is 1. The number of ether oxygens (including phenoxy) is 1. The highest BCUT2D eigenvalue weighted by atomic mass is 16.5. The van der Waals surface area contributed by atoms with Crippen LogP contribution in [-0.4, -0.2) is 25.0 Å². The molecule has 0 saturated carbocycles. The number of esters is 1. The molecule has 0 aliphatic carbocycles. The van der Waals surface area contributed by atoms with E-state index in [1.54, 1.807) is 12.1 Å². The van der Waals surface area contributed by atoms with Crippen molar-refractivity contribution in [1.29, 1.82) is 0 Å². The van der Waals surface area contributed by atoms with Crippen molar-refractivity contribution in [3.8, 4) is 0 Å². The molecule has 0 heterocycles. The second-order valence-corrected chi connectivity index (χ2v) is 6.22. The Morgan fingerprint density at radius 1 is 0.923 bits per heavy atom. The molecular weight excluding hydrogens is 326 g/mol. The Morgan fingerprint density at radius 3 is 2.42 bits per heavy atom. The third-order valence-corrected chi connectivity index (χ3v) is 4.32. The van der Waals surface area contributed by atoms with Gasteiger partial charge in [0.1, 0.15) is 0 Å². The summed E-state index contributed by atoms with van der Waals surface area (Å²) < 4.78 is 5.19. The summed E-state index contributed by atoms with van der Waals surface area (Å²) in [5, 5.41) is 4.59. The molecule has 1 amide bonds. The van der Waals surface area contributed by atoms with Crippen molar-refractivity contribution >= 4 is 22.6 Å². The van der Waals surface area contributed by atoms with Gasteiger partial charge in [0.25, 0.3) is 5.91 Å². The van der Waals surface area contributed by atoms with Gasteiger partial charge in [0.15, 0.2) is 6.61 Å². The van der Waals surface area contributed by atoms with Gasteiger partial charge in [0.05, 0.1) is 5.56 Å². The first-order chi connectivity index (χ1) is 12.6. The maximum atomic E-state index is 12.3. The summed E-state index contributed by atoms with van der Waals surface area (Å²) in [6.07, 6.45) is 0. The molecule has 0 radical (unpaired) electrons. The van der Waals surface area contributed by atoms with E-state index in [4.69, 9.17) is 4.74 Å². The minimum Gasteiger partial charge on any atom is -0.452 e. The molecular formula is C22H21NO3. The van der Waals surface area contributed by atoms with Crippen LogP contribution in [0.5, 0.6) is 0 Å². The van der Waals surface area contributed by atoms with Crippen molar-refractivity contribution in [2.45, 2.75) is 12.8 Å². The fraction of sp³-hybridized carbons (Fsp3) is 0.182. The van der Waals surface area contributed by atoms with Gasteiger partial charge in [-0.3, -0.25) is 4.79 Å². The summed E-state index contributed by atoms with van der Waals surface area (Å²) in [4.78, 5) is 24.3. The van der Waals surface area contributed by atoms with E-state index in [1.165, 1.54) is 0 Å². The second-order valence-electron chi connectivity index (χ2n) is 6.22. The van der Waals surface area contributed by atoms with Crippen LogP contribution >= 0.6 is 0 Å². The highest BCUT2D eigenvalue weighted by Gasteiger charge is 2.14. The van der Waals surface area contributed by atoms with Crippen molar-refractivity contribution in [3.05, 3.63) is 83.9 Å². The van der Waals surface area contributed by atoms with E-state index >= 15 is 0 Å². The molecule has 0 fully saturated rings. The normalized spacial score (nSPS) is 11.7. The van der Waals surface area contributed by atoms with Gasteiger partial charge in [-0.05, 0) is 28.3 Å². The van der Waals surface area contributed by atoms with Crippen LogP contribution in [0.4, 0.5) is 0 Å². The fourth-order valence-corrected chi connectivity index (χ4v) is 2.83. The van der Waals surface area contributed by atoms with Crippen molar-refractivity contribution < 1.29 is 14.3 Å². The van der Waals surface area contributed by atoms with Gasteiger partial charge in [-0.1, -0.05) is 73.7 Å². The van der Waals surface area contributed by atoms with Crippen LogP contribution in [0.3, 0.4) is 0 Å². The number of nitrogens with one attached hydrogen (secondary N) is 1. The topological polar surface area (TPSA) is 55.4 Å². The minimum absolute atomic E-state index is 0.189. The lowest BCUT2D eigenvalue weighted by Crippen LogP contribution is -2.31. The van der Waals surface area contributed by atoms with Gasteiger partial charge in [0.2, 0.25) is 0 Å². The minimum atomic E-state index is -0.493. The van der Waals surface area contributed by atoms with Crippen molar-refractivity contribution in [1.82, 2.24) is 5.32 Å². The summed E-state index contributed by atoms with van der Waals surface area (Å²) in [6.45, 7) is 2.25. The Labute approximate surface area is 152 Å². The molecule has 0 aliphatic heterocycles. The SMILES string of the molecule is C[C@@H](CNC(=O)COC(=O)c1cccc2ccccc12)c1ccccc1. The Bertz CT molecular complexity index is 900. The van der Waals surface area contributed by atoms with E-state index < -0.39 is 5.97 Å². The maximum Gasteiger partial charge on any atom is 0.339 e. The largest absolute Gasteiger partial charge is 0.452 e. The maximum absolute atomic E-state index is 12.3. The number of amides is 1. The molecule has 0 saturated heterocycles. The number of carbonyl (C=O) groups excluding carboxylic acids is 2. The smallest absolute Gasteiger partial charge is 0.339 e. The van der Waals surface area contributed by atoms with Crippen molar-refractivity contribution in [3.63, 3.8) is 0 Å². The zero-order valence-corrected chi connectivity index (χ0v) is 14.6. The Kier molecular flexibility index (Phi) is 5.64. The van der Waals surface area contributed by atoms with Crippen LogP contribution < -0.4 is 5.32 Å². The number of benzene rings is 3. The predicted molar refractivity (Wildman–Crippen MR) is 102 cm³/mol. The molecule has 0 aromatic heterocycles. The second kappa shape index (κ2) is 8.30. The summed E-state index contributed by atoms with van der Waals surface area (Å²) in [6, 6.07) is 23.0. The lowest BCUT2D eigenvalue weighted by atomic mass is 10.0. The van der Waals surface area contributed by atoms with Gasteiger partial charge in [-0.15, -0.1) is 0 Å². The van der Waals surface area contributed by atoms with Crippen LogP contribution in [0.15, 0.2) is 72.8 Å². The van der Waals surface area contributed by atoms with E-state index in [1.807, 2.05) is 67.6 Å². The van der Waals surface area contributed by atoms with E-state index in [9.17, 15) is 9.59 Å². The van der Waals surface area contributed by atoms with Crippen LogP contribution in [-0.2, 0) is 9.53 Å². The molecule has 1 atom stereocenters. The molecule has 3 rings (SSSR count). The highest BCUT2D eigenvalue weighted by Crippen LogP contribution is 2.19. The Hall–Kier alpha value is -3.14. The third-order valence-electron chi connectivity index (χ3n) is 4.32. The van der Waals surface area contributed by atoms with Crippen LogP contribution in [0.1, 0.15) is 28.8 Å². The molecule has 4 nitrogen and oxygen atoms in total. The summed E-state index contributed by atoms with van der Waals surface area (Å²) in [7, 11) is 0. The fourth-order valence-electron chi connectivity index (χ4n) is 2.83. The van der Waals surface area contributed by atoms with E-state index in [0.29, 0.717) is 12.1 Å². The molecule has 26 heavy (non-hydrogen) atoms. The highest BCUT2D eigenvalue weighted by molar-refractivity contribution is 6.04. The average Bonchev–Trinajstić information content (AvgIpc) is 2.70. The van der Waals surface area contributed by atoms with Gasteiger partial charge < -0.3 is 10.1 Å². The van der Waals surface area contributed by atoms with Gasteiger partial charge in [-0.25, -0.2) is 4.79 Å². The molecule has 4 heteroatoms. The number of rotatable bonds is 6. The van der Waals surface area contributed by atoms with E-state index in [2.05, 4.69) is 5.32 Å². The first-order valence-electron chi connectivity index (χ1n) is 8.61. The van der Waals surface area contributed by atoms with Gasteiger partial charge in [0, 0.05) is 6.54 Å². The zero-order chi connectivity index (χ0) is 18.4. The summed E-state index contributed by atoms with van der Waals surface area (Å²) in [5.74, 6) is -0.608. The molecule has 0 unspecified atom stereocenters. The predicted octanol–water partition coefficient (Wildman–Crippen LogP) is 3.92. The van der Waals surface area contributed by atoms with Gasteiger partial charge in [-0.2, -0.15) is 0 Å². The Morgan fingerprint density at radius 2 is 1.62 bits per heavy atom. The monoisotopic (exact) mass is 347 g/mol. The van der Waals surface area contributed by atoms with Crippen molar-refractivity contribution in [2.75, 3.05) is 13.2 Å². The summed E-state index contributed by atoms with van der Waals surface area (Å²) >= 11 is 0. The molecule has 0 spiro atoms. The van der Waals surface area contributed by atoms with Crippen molar-refractivity contribution in [2.24, 2.45) is 0 Å².